The maximum absolute atomic E-state index is 14.7. The fourth-order valence-electron chi connectivity index (χ4n) is 4.22. The molecule has 11 heteroatoms. The Bertz CT molecular complexity index is 1280. The summed E-state index contributed by atoms with van der Waals surface area (Å²) in [6.07, 6.45) is 0.408. The van der Waals surface area contributed by atoms with E-state index in [9.17, 15) is 24.1 Å². The van der Waals surface area contributed by atoms with Gasteiger partial charge in [-0.1, -0.05) is 0 Å². The molecule has 180 valence electrons. The number of anilines is 2. The molecule has 1 aliphatic rings. The Labute approximate surface area is 194 Å². The molecule has 1 fully saturated rings. The zero-order chi connectivity index (χ0) is 24.4. The lowest BCUT2D eigenvalue weighted by molar-refractivity contribution is -0.384. The maximum atomic E-state index is 14.7. The molecular formula is C23H25FN4O6. The predicted octanol–water partition coefficient (Wildman–Crippen LogP) is 3.67. The lowest BCUT2D eigenvalue weighted by Crippen LogP contribution is -2.45. The van der Waals surface area contributed by atoms with Crippen LogP contribution in [0.3, 0.4) is 0 Å². The van der Waals surface area contributed by atoms with Crippen LogP contribution in [0.1, 0.15) is 26.7 Å². The van der Waals surface area contributed by atoms with E-state index in [0.717, 1.165) is 0 Å². The van der Waals surface area contributed by atoms with Crippen LogP contribution in [-0.4, -0.2) is 40.7 Å². The van der Waals surface area contributed by atoms with Crippen molar-refractivity contribution < 1.29 is 23.3 Å². The number of hydrogen-bond acceptors (Lipinski definition) is 7. The summed E-state index contributed by atoms with van der Waals surface area (Å²) in [5, 5.41) is 13.6. The number of nitrogens with one attached hydrogen (secondary N) is 1. The van der Waals surface area contributed by atoms with E-state index in [1.807, 2.05) is 18.7 Å². The van der Waals surface area contributed by atoms with Crippen LogP contribution < -0.4 is 16.0 Å². The number of carbonyl (C=O) groups is 1. The van der Waals surface area contributed by atoms with Gasteiger partial charge in [0.25, 0.3) is 5.69 Å². The monoisotopic (exact) mass is 472 g/mol. The van der Waals surface area contributed by atoms with Crippen molar-refractivity contribution in [3.8, 4) is 0 Å². The smallest absolute Gasteiger partial charge is 0.407 e. The Morgan fingerprint density at radius 1 is 1.21 bits per heavy atom. The Balaban J connectivity index is 1.35. The second-order valence-electron chi connectivity index (χ2n) is 8.41. The highest BCUT2D eigenvalue weighted by Gasteiger charge is 2.24. The summed E-state index contributed by atoms with van der Waals surface area (Å²) >= 11 is 0. The number of carbonyl (C=O) groups excluding carboxylic acids is 1. The Hall–Kier alpha value is -3.73. The van der Waals surface area contributed by atoms with Gasteiger partial charge in [0.2, 0.25) is 5.91 Å². The fourth-order valence-corrected chi connectivity index (χ4v) is 4.22. The number of hydrogen-bond donors (Lipinski definition) is 1. The fraction of sp³-hybridized carbons (Fsp3) is 0.391. The van der Waals surface area contributed by atoms with Crippen molar-refractivity contribution in [1.29, 1.82) is 0 Å². The normalized spacial score (nSPS) is 18.3. The van der Waals surface area contributed by atoms with Gasteiger partial charge in [-0.3, -0.25) is 19.5 Å². The minimum Gasteiger partial charge on any atom is -0.407 e. The van der Waals surface area contributed by atoms with E-state index in [1.165, 1.54) is 28.8 Å². The third kappa shape index (κ3) is 5.09. The topological polar surface area (TPSA) is 120 Å². The number of benzene rings is 2. The summed E-state index contributed by atoms with van der Waals surface area (Å²) in [7, 11) is 0. The van der Waals surface area contributed by atoms with E-state index in [2.05, 4.69) is 5.32 Å². The first kappa shape index (κ1) is 23.4. The highest BCUT2D eigenvalue weighted by molar-refractivity contribution is 5.90. The number of oxazole rings is 1. The first-order valence-corrected chi connectivity index (χ1v) is 11.0. The molecule has 1 N–H and O–H groups in total. The molecule has 0 spiro atoms. The number of non-ortho nitro benzene ring substituents is 1. The number of aryl methyl sites for hydroxylation is 1. The van der Waals surface area contributed by atoms with Crippen LogP contribution in [0.15, 0.2) is 45.6 Å². The minimum atomic E-state index is -0.652. The summed E-state index contributed by atoms with van der Waals surface area (Å²) in [6.45, 7) is 5.25. The summed E-state index contributed by atoms with van der Waals surface area (Å²) in [4.78, 5) is 36.7. The van der Waals surface area contributed by atoms with E-state index in [-0.39, 0.29) is 42.4 Å². The van der Waals surface area contributed by atoms with Gasteiger partial charge in [0.15, 0.2) is 5.58 Å². The molecule has 1 aromatic heterocycles. The molecule has 0 saturated carbocycles. The number of amides is 1. The summed E-state index contributed by atoms with van der Waals surface area (Å²) in [6, 6.07) is 8.51. The number of morpholine rings is 1. The first-order valence-electron chi connectivity index (χ1n) is 11.0. The first-order chi connectivity index (χ1) is 16.2. The van der Waals surface area contributed by atoms with Crippen LogP contribution in [0.2, 0.25) is 0 Å². The van der Waals surface area contributed by atoms with Crippen LogP contribution in [-0.2, 0) is 16.1 Å². The predicted molar refractivity (Wildman–Crippen MR) is 124 cm³/mol. The van der Waals surface area contributed by atoms with E-state index >= 15 is 0 Å². The van der Waals surface area contributed by atoms with Crippen molar-refractivity contribution in [2.45, 2.75) is 45.4 Å². The lowest BCUT2D eigenvalue weighted by atomic mass is 10.1. The Morgan fingerprint density at radius 3 is 2.62 bits per heavy atom. The standard InChI is InChI=1S/C23H25FN4O6/c1-14-12-26(13-15(2)33-14)19-7-5-16(10-18(19)24)25-22(29)4-3-9-27-20-8-6-17(28(31)32)11-21(20)34-23(27)30/h5-8,10-11,14-15H,3-4,9,12-13H2,1-2H3,(H,25,29)/t14-,15+. The Kier molecular flexibility index (Phi) is 6.64. The number of ether oxygens (including phenoxy) is 1. The van der Waals surface area contributed by atoms with Gasteiger partial charge in [-0.15, -0.1) is 0 Å². The second kappa shape index (κ2) is 9.64. The van der Waals surface area contributed by atoms with Crippen LogP contribution in [0, 0.1) is 15.9 Å². The van der Waals surface area contributed by atoms with Crippen molar-refractivity contribution in [3.05, 3.63) is 62.9 Å². The molecule has 10 nitrogen and oxygen atoms in total. The zero-order valence-corrected chi connectivity index (χ0v) is 18.8. The van der Waals surface area contributed by atoms with Crippen molar-refractivity contribution in [2.75, 3.05) is 23.3 Å². The summed E-state index contributed by atoms with van der Waals surface area (Å²) in [5.41, 5.74) is 1.16. The van der Waals surface area contributed by atoms with E-state index in [0.29, 0.717) is 36.4 Å². The molecule has 0 bridgehead atoms. The average Bonchev–Trinajstić information content (AvgIpc) is 3.07. The van der Waals surface area contributed by atoms with Crippen LogP contribution in [0.4, 0.5) is 21.5 Å². The molecule has 0 aliphatic carbocycles. The van der Waals surface area contributed by atoms with Gasteiger partial charge in [0, 0.05) is 37.8 Å². The van der Waals surface area contributed by atoms with Crippen molar-refractivity contribution >= 4 is 34.1 Å². The van der Waals surface area contributed by atoms with Gasteiger partial charge in [-0.25, -0.2) is 9.18 Å². The summed E-state index contributed by atoms with van der Waals surface area (Å²) in [5.74, 6) is -1.40. The molecule has 34 heavy (non-hydrogen) atoms. The molecule has 1 amide bonds. The lowest BCUT2D eigenvalue weighted by Gasteiger charge is -2.37. The molecule has 0 unspecified atom stereocenters. The van der Waals surface area contributed by atoms with Gasteiger partial charge in [-0.05, 0) is 44.5 Å². The number of halogens is 1. The van der Waals surface area contributed by atoms with E-state index < -0.39 is 16.5 Å². The molecule has 2 heterocycles. The average molecular weight is 472 g/mol. The highest BCUT2D eigenvalue weighted by atomic mass is 19.1. The number of fused-ring (bicyclic) bond motifs is 1. The molecule has 2 aromatic carbocycles. The molecule has 3 aromatic rings. The van der Waals surface area contributed by atoms with Crippen molar-refractivity contribution in [2.24, 2.45) is 0 Å². The second-order valence-corrected chi connectivity index (χ2v) is 8.41. The molecule has 0 radical (unpaired) electrons. The molecule has 1 aliphatic heterocycles. The van der Waals surface area contributed by atoms with Crippen molar-refractivity contribution in [1.82, 2.24) is 4.57 Å². The van der Waals surface area contributed by atoms with Crippen LogP contribution in [0.5, 0.6) is 0 Å². The van der Waals surface area contributed by atoms with E-state index in [4.69, 9.17) is 9.15 Å². The van der Waals surface area contributed by atoms with Gasteiger partial charge >= 0.3 is 5.76 Å². The molecule has 2 atom stereocenters. The molecule has 4 rings (SSSR count). The largest absolute Gasteiger partial charge is 0.419 e. The van der Waals surface area contributed by atoms with Gasteiger partial charge in [-0.2, -0.15) is 0 Å². The molecular weight excluding hydrogens is 447 g/mol. The number of aromatic nitrogens is 1. The van der Waals surface area contributed by atoms with Crippen molar-refractivity contribution in [3.63, 3.8) is 0 Å². The maximum Gasteiger partial charge on any atom is 0.419 e. The number of nitrogens with zero attached hydrogens (tertiary/aromatic N) is 3. The number of rotatable bonds is 7. The van der Waals surface area contributed by atoms with Gasteiger partial charge in [0.05, 0.1) is 34.4 Å². The third-order valence-corrected chi connectivity index (χ3v) is 5.64. The van der Waals surface area contributed by atoms with Gasteiger partial charge in [0.1, 0.15) is 5.82 Å². The summed E-state index contributed by atoms with van der Waals surface area (Å²) < 4.78 is 26.8. The van der Waals surface area contributed by atoms with Crippen LogP contribution in [0.25, 0.3) is 11.1 Å². The number of nitro groups is 1. The van der Waals surface area contributed by atoms with E-state index in [1.54, 1.807) is 12.1 Å². The third-order valence-electron chi connectivity index (χ3n) is 5.64. The molecule has 1 saturated heterocycles. The SMILES string of the molecule is C[C@@H]1CN(c2ccc(NC(=O)CCCn3c(=O)oc4cc([N+](=O)[O-])ccc43)cc2F)C[C@H](C)O1. The Morgan fingerprint density at radius 2 is 1.94 bits per heavy atom. The van der Waals surface area contributed by atoms with Crippen LogP contribution >= 0.6 is 0 Å². The minimum absolute atomic E-state index is 0.00231. The highest BCUT2D eigenvalue weighted by Crippen LogP contribution is 2.26. The zero-order valence-electron chi connectivity index (χ0n) is 18.8. The van der Waals surface area contributed by atoms with Gasteiger partial charge < -0.3 is 19.4 Å². The number of nitro benzene ring substituents is 1. The quantitative estimate of drug-likeness (QED) is 0.411.